The highest BCUT2D eigenvalue weighted by Crippen LogP contribution is 2.09. The van der Waals surface area contributed by atoms with Gasteiger partial charge in [-0.3, -0.25) is 4.79 Å². The molecule has 0 aromatic heterocycles. The Bertz CT molecular complexity index is 348. The molecule has 2 amide bonds. The Morgan fingerprint density at radius 1 is 1.15 bits per heavy atom. The summed E-state index contributed by atoms with van der Waals surface area (Å²) in [5.41, 5.74) is -0.626. The zero-order chi connectivity index (χ0) is 15.9. The van der Waals surface area contributed by atoms with Crippen LogP contribution in [0.4, 0.5) is 4.79 Å². The van der Waals surface area contributed by atoms with E-state index in [2.05, 4.69) is 10.6 Å². The van der Waals surface area contributed by atoms with Gasteiger partial charge in [0.15, 0.2) is 0 Å². The number of hydrogen-bond acceptors (Lipinski definition) is 4. The fourth-order valence-electron chi connectivity index (χ4n) is 1.51. The molecule has 0 aromatic carbocycles. The summed E-state index contributed by atoms with van der Waals surface area (Å²) in [5, 5.41) is 5.07. The number of rotatable bonds is 6. The van der Waals surface area contributed by atoms with Crippen molar-refractivity contribution in [1.29, 1.82) is 0 Å². The SMILES string of the molecule is CC(C)C[C@H](NC(=O)OC(C)(C)C)C(=O)N[C@@H](C)C=O. The standard InChI is InChI=1S/C14H26N2O4/c1-9(2)7-11(12(18)15-10(3)8-17)16-13(19)20-14(4,5)6/h8-11H,7H2,1-6H3,(H,15,18)(H,16,19)/t10-,11-/m0/s1. The van der Waals surface area contributed by atoms with Gasteiger partial charge in [-0.15, -0.1) is 0 Å². The lowest BCUT2D eigenvalue weighted by atomic mass is 10.0. The van der Waals surface area contributed by atoms with Crippen LogP contribution in [0.5, 0.6) is 0 Å². The van der Waals surface area contributed by atoms with E-state index in [4.69, 9.17) is 4.74 Å². The first-order chi connectivity index (χ1) is 9.05. The van der Waals surface area contributed by atoms with Crippen molar-refractivity contribution >= 4 is 18.3 Å². The molecule has 0 aliphatic rings. The molecule has 0 bridgehead atoms. The number of hydrogen-bond donors (Lipinski definition) is 2. The van der Waals surface area contributed by atoms with Gasteiger partial charge in [-0.25, -0.2) is 4.79 Å². The van der Waals surface area contributed by atoms with Gasteiger partial charge < -0.3 is 20.2 Å². The lowest BCUT2D eigenvalue weighted by Gasteiger charge is -2.24. The minimum Gasteiger partial charge on any atom is -0.444 e. The second kappa shape index (κ2) is 7.87. The molecule has 2 atom stereocenters. The third kappa shape index (κ3) is 8.50. The molecule has 0 aliphatic heterocycles. The van der Waals surface area contributed by atoms with Crippen LogP contribution in [-0.4, -0.2) is 36.0 Å². The van der Waals surface area contributed by atoms with Crippen molar-refractivity contribution in [2.75, 3.05) is 0 Å². The van der Waals surface area contributed by atoms with Crippen LogP contribution in [0.2, 0.25) is 0 Å². The first kappa shape index (κ1) is 18.4. The Hall–Kier alpha value is -1.59. The normalized spacial score (nSPS) is 14.3. The Morgan fingerprint density at radius 2 is 1.70 bits per heavy atom. The van der Waals surface area contributed by atoms with Gasteiger partial charge in [-0.1, -0.05) is 13.8 Å². The Labute approximate surface area is 120 Å². The van der Waals surface area contributed by atoms with Crippen LogP contribution in [0.1, 0.15) is 48.0 Å². The summed E-state index contributed by atoms with van der Waals surface area (Å²) in [6.45, 7) is 10.7. The van der Waals surface area contributed by atoms with E-state index in [0.717, 1.165) is 0 Å². The molecular weight excluding hydrogens is 260 g/mol. The Balaban J connectivity index is 4.67. The van der Waals surface area contributed by atoms with Crippen LogP contribution in [0, 0.1) is 5.92 Å². The lowest BCUT2D eigenvalue weighted by molar-refractivity contribution is -0.125. The minimum absolute atomic E-state index is 0.215. The van der Waals surface area contributed by atoms with E-state index < -0.39 is 23.8 Å². The van der Waals surface area contributed by atoms with E-state index >= 15 is 0 Å². The van der Waals surface area contributed by atoms with Crippen LogP contribution < -0.4 is 10.6 Å². The van der Waals surface area contributed by atoms with E-state index in [-0.39, 0.29) is 11.8 Å². The first-order valence-electron chi connectivity index (χ1n) is 6.80. The number of nitrogens with one attached hydrogen (secondary N) is 2. The van der Waals surface area contributed by atoms with Crippen molar-refractivity contribution in [3.63, 3.8) is 0 Å². The van der Waals surface area contributed by atoms with Crippen LogP contribution in [0.3, 0.4) is 0 Å². The summed E-state index contributed by atoms with van der Waals surface area (Å²) in [6.07, 6.45) is 0.464. The fourth-order valence-corrected chi connectivity index (χ4v) is 1.51. The molecule has 0 unspecified atom stereocenters. The Morgan fingerprint density at radius 3 is 2.10 bits per heavy atom. The third-order valence-electron chi connectivity index (χ3n) is 2.29. The van der Waals surface area contributed by atoms with Crippen molar-refractivity contribution in [2.24, 2.45) is 5.92 Å². The molecule has 116 valence electrons. The number of ether oxygens (including phenoxy) is 1. The lowest BCUT2D eigenvalue weighted by Crippen LogP contribution is -2.50. The second-order valence-electron chi connectivity index (χ2n) is 6.26. The summed E-state index contributed by atoms with van der Waals surface area (Å²) < 4.78 is 5.13. The predicted octanol–water partition coefficient (Wildman–Crippen LogP) is 1.63. The van der Waals surface area contributed by atoms with Crippen molar-refractivity contribution in [3.8, 4) is 0 Å². The van der Waals surface area contributed by atoms with Crippen molar-refractivity contribution < 1.29 is 19.1 Å². The predicted molar refractivity (Wildman–Crippen MR) is 76.3 cm³/mol. The summed E-state index contributed by atoms with van der Waals surface area (Å²) in [4.78, 5) is 34.3. The maximum absolute atomic E-state index is 12.0. The molecule has 6 nitrogen and oxygen atoms in total. The van der Waals surface area contributed by atoms with E-state index in [1.165, 1.54) is 0 Å². The average Bonchev–Trinajstić information content (AvgIpc) is 2.24. The zero-order valence-corrected chi connectivity index (χ0v) is 13.1. The van der Waals surface area contributed by atoms with Gasteiger partial charge in [0.25, 0.3) is 0 Å². The highest BCUT2D eigenvalue weighted by Gasteiger charge is 2.25. The van der Waals surface area contributed by atoms with Gasteiger partial charge in [-0.05, 0) is 40.0 Å². The monoisotopic (exact) mass is 286 g/mol. The molecule has 0 fully saturated rings. The minimum atomic E-state index is -0.716. The summed E-state index contributed by atoms with van der Waals surface area (Å²) in [7, 11) is 0. The fraction of sp³-hybridized carbons (Fsp3) is 0.786. The highest BCUT2D eigenvalue weighted by molar-refractivity contribution is 5.87. The van der Waals surface area contributed by atoms with Gasteiger partial charge in [-0.2, -0.15) is 0 Å². The molecule has 20 heavy (non-hydrogen) atoms. The van der Waals surface area contributed by atoms with Gasteiger partial charge in [0.05, 0.1) is 6.04 Å². The molecule has 0 radical (unpaired) electrons. The largest absolute Gasteiger partial charge is 0.444 e. The quantitative estimate of drug-likeness (QED) is 0.727. The van der Waals surface area contributed by atoms with Gasteiger partial charge >= 0.3 is 6.09 Å². The van der Waals surface area contributed by atoms with Crippen molar-refractivity contribution in [3.05, 3.63) is 0 Å². The number of carbonyl (C=O) groups excluding carboxylic acids is 3. The maximum atomic E-state index is 12.0. The molecule has 0 rings (SSSR count). The van der Waals surface area contributed by atoms with E-state index in [9.17, 15) is 14.4 Å². The molecule has 0 heterocycles. The maximum Gasteiger partial charge on any atom is 0.408 e. The number of carbonyl (C=O) groups is 3. The molecule has 0 saturated heterocycles. The van der Waals surface area contributed by atoms with Crippen LogP contribution in [0.15, 0.2) is 0 Å². The van der Waals surface area contributed by atoms with Crippen LogP contribution in [0.25, 0.3) is 0 Å². The van der Waals surface area contributed by atoms with Crippen LogP contribution in [-0.2, 0) is 14.3 Å². The molecular formula is C14H26N2O4. The summed E-state index contributed by atoms with van der Waals surface area (Å²) in [5.74, 6) is -0.170. The molecule has 6 heteroatoms. The smallest absolute Gasteiger partial charge is 0.408 e. The summed E-state index contributed by atoms with van der Waals surface area (Å²) >= 11 is 0. The second-order valence-corrected chi connectivity index (χ2v) is 6.26. The molecule has 0 spiro atoms. The van der Waals surface area contributed by atoms with E-state index in [1.807, 2.05) is 13.8 Å². The molecule has 2 N–H and O–H groups in total. The van der Waals surface area contributed by atoms with Crippen molar-refractivity contribution in [1.82, 2.24) is 10.6 Å². The summed E-state index contributed by atoms with van der Waals surface area (Å²) in [6, 6.07) is -1.30. The van der Waals surface area contributed by atoms with Crippen molar-refractivity contribution in [2.45, 2.75) is 65.6 Å². The van der Waals surface area contributed by atoms with Gasteiger partial charge in [0, 0.05) is 0 Å². The van der Waals surface area contributed by atoms with Gasteiger partial charge in [0.1, 0.15) is 17.9 Å². The number of aldehydes is 1. The average molecular weight is 286 g/mol. The van der Waals surface area contributed by atoms with E-state index in [1.54, 1.807) is 27.7 Å². The first-order valence-corrected chi connectivity index (χ1v) is 6.80. The molecule has 0 saturated carbocycles. The number of amides is 2. The van der Waals surface area contributed by atoms with E-state index in [0.29, 0.717) is 12.7 Å². The Kier molecular flexibility index (Phi) is 7.24. The topological polar surface area (TPSA) is 84.5 Å². The molecule has 0 aromatic rings. The molecule has 0 aliphatic carbocycles. The van der Waals surface area contributed by atoms with Crippen LogP contribution >= 0.6 is 0 Å². The highest BCUT2D eigenvalue weighted by atomic mass is 16.6. The third-order valence-corrected chi connectivity index (χ3v) is 2.29. The van der Waals surface area contributed by atoms with Gasteiger partial charge in [0.2, 0.25) is 5.91 Å². The zero-order valence-electron chi connectivity index (χ0n) is 13.1. The number of alkyl carbamates (subject to hydrolysis) is 1.